The maximum absolute atomic E-state index is 13.4. The highest BCUT2D eigenvalue weighted by molar-refractivity contribution is 9.10. The molecule has 0 spiro atoms. The molecule has 3 aromatic rings. The molecule has 0 unspecified atom stereocenters. The van der Waals surface area contributed by atoms with Crippen molar-refractivity contribution in [3.05, 3.63) is 76.3 Å². The molecule has 2 nitrogen and oxygen atoms in total. The maximum atomic E-state index is 13.4. The molecule has 0 aliphatic rings. The highest BCUT2D eigenvalue weighted by Crippen LogP contribution is 2.20. The first-order valence-corrected chi connectivity index (χ1v) is 7.25. The van der Waals surface area contributed by atoms with Crippen molar-refractivity contribution in [1.29, 1.82) is 0 Å². The summed E-state index contributed by atoms with van der Waals surface area (Å²) in [6.45, 7) is 0. The Kier molecular flexibility index (Phi) is 3.80. The number of Topliss-reactive ketones (excluding diaryl/α,β-unsaturated/α-hetero) is 1. The molecular formula is C17H11BrFNO. The van der Waals surface area contributed by atoms with Crippen molar-refractivity contribution in [3.63, 3.8) is 0 Å². The minimum atomic E-state index is -0.363. The summed E-state index contributed by atoms with van der Waals surface area (Å²) in [6, 6.07) is 13.9. The standard InChI is InChI=1S/C17H11BrFNO/c18-13-7-11(8-14(19)10-13)9-16(21)17-15-4-2-1-3-12(15)5-6-20-17/h1-8,10H,9H2. The molecule has 2 aromatic carbocycles. The van der Waals surface area contributed by atoms with E-state index in [4.69, 9.17) is 0 Å². The van der Waals surface area contributed by atoms with E-state index < -0.39 is 0 Å². The molecule has 3 rings (SSSR count). The van der Waals surface area contributed by atoms with Gasteiger partial charge in [0.05, 0.1) is 0 Å². The Labute approximate surface area is 129 Å². The topological polar surface area (TPSA) is 30.0 Å². The van der Waals surface area contributed by atoms with Gasteiger partial charge >= 0.3 is 0 Å². The third-order valence-electron chi connectivity index (χ3n) is 3.22. The summed E-state index contributed by atoms with van der Waals surface area (Å²) >= 11 is 3.23. The summed E-state index contributed by atoms with van der Waals surface area (Å²) in [7, 11) is 0. The number of benzene rings is 2. The van der Waals surface area contributed by atoms with Crippen LogP contribution in [-0.4, -0.2) is 10.8 Å². The fourth-order valence-electron chi connectivity index (χ4n) is 2.32. The van der Waals surface area contributed by atoms with Crippen molar-refractivity contribution in [2.75, 3.05) is 0 Å². The zero-order valence-corrected chi connectivity index (χ0v) is 12.6. The van der Waals surface area contributed by atoms with E-state index in [9.17, 15) is 9.18 Å². The number of hydrogen-bond acceptors (Lipinski definition) is 2. The van der Waals surface area contributed by atoms with Crippen molar-refractivity contribution < 1.29 is 9.18 Å². The van der Waals surface area contributed by atoms with Crippen molar-refractivity contribution in [1.82, 2.24) is 4.98 Å². The molecular weight excluding hydrogens is 333 g/mol. The lowest BCUT2D eigenvalue weighted by Crippen LogP contribution is -2.07. The third kappa shape index (κ3) is 3.00. The van der Waals surface area contributed by atoms with E-state index >= 15 is 0 Å². The van der Waals surface area contributed by atoms with Gasteiger partial charge in [0.1, 0.15) is 11.5 Å². The van der Waals surface area contributed by atoms with E-state index in [1.165, 1.54) is 12.1 Å². The minimum Gasteiger partial charge on any atom is -0.292 e. The second kappa shape index (κ2) is 5.74. The molecule has 0 fully saturated rings. The summed E-state index contributed by atoms with van der Waals surface area (Å²) in [5.74, 6) is -0.484. The van der Waals surface area contributed by atoms with Crippen LogP contribution in [0, 0.1) is 5.82 Å². The van der Waals surface area contributed by atoms with E-state index in [-0.39, 0.29) is 18.0 Å². The van der Waals surface area contributed by atoms with Gasteiger partial charge in [-0.2, -0.15) is 0 Å². The smallest absolute Gasteiger partial charge is 0.186 e. The van der Waals surface area contributed by atoms with Gasteiger partial charge in [-0.25, -0.2) is 4.39 Å². The first kappa shape index (κ1) is 13.9. The predicted molar refractivity (Wildman–Crippen MR) is 83.9 cm³/mol. The van der Waals surface area contributed by atoms with Crippen LogP contribution < -0.4 is 0 Å². The highest BCUT2D eigenvalue weighted by Gasteiger charge is 2.13. The summed E-state index contributed by atoms with van der Waals surface area (Å²) in [5.41, 5.74) is 1.05. The molecule has 0 amide bonds. The normalized spacial score (nSPS) is 10.8. The summed E-state index contributed by atoms with van der Waals surface area (Å²) in [5, 5.41) is 1.79. The fraction of sp³-hybridized carbons (Fsp3) is 0.0588. The Morgan fingerprint density at radius 1 is 1.14 bits per heavy atom. The van der Waals surface area contributed by atoms with Crippen LogP contribution in [0.3, 0.4) is 0 Å². The quantitative estimate of drug-likeness (QED) is 0.652. The summed E-state index contributed by atoms with van der Waals surface area (Å²) in [6.07, 6.45) is 1.74. The molecule has 104 valence electrons. The molecule has 0 saturated carbocycles. The van der Waals surface area contributed by atoms with E-state index in [2.05, 4.69) is 20.9 Å². The Balaban J connectivity index is 1.97. The average Bonchev–Trinajstić information content (AvgIpc) is 2.45. The molecule has 0 aliphatic heterocycles. The number of carbonyl (C=O) groups excluding carboxylic acids is 1. The Morgan fingerprint density at radius 2 is 1.95 bits per heavy atom. The van der Waals surface area contributed by atoms with Gasteiger partial charge < -0.3 is 0 Å². The van der Waals surface area contributed by atoms with E-state index in [1.807, 2.05) is 30.3 Å². The second-order valence-corrected chi connectivity index (χ2v) is 5.67. The van der Waals surface area contributed by atoms with Crippen LogP contribution in [0.25, 0.3) is 10.8 Å². The first-order valence-electron chi connectivity index (χ1n) is 6.45. The molecule has 0 atom stereocenters. The van der Waals surface area contributed by atoms with Gasteiger partial charge in [-0.05, 0) is 35.2 Å². The fourth-order valence-corrected chi connectivity index (χ4v) is 2.84. The number of aromatic nitrogens is 1. The maximum Gasteiger partial charge on any atom is 0.186 e. The van der Waals surface area contributed by atoms with Crippen LogP contribution in [0.2, 0.25) is 0 Å². The van der Waals surface area contributed by atoms with Crippen molar-refractivity contribution in [3.8, 4) is 0 Å². The molecule has 1 aromatic heterocycles. The van der Waals surface area contributed by atoms with Crippen LogP contribution in [0.5, 0.6) is 0 Å². The molecule has 0 radical (unpaired) electrons. The second-order valence-electron chi connectivity index (χ2n) is 4.76. The number of ketones is 1. The van der Waals surface area contributed by atoms with Gasteiger partial charge in [0.25, 0.3) is 0 Å². The highest BCUT2D eigenvalue weighted by atomic mass is 79.9. The lowest BCUT2D eigenvalue weighted by molar-refractivity contribution is 0.0990. The first-order chi connectivity index (χ1) is 10.1. The van der Waals surface area contributed by atoms with Gasteiger partial charge in [0, 0.05) is 22.5 Å². The number of nitrogens with zero attached hydrogens (tertiary/aromatic N) is 1. The van der Waals surface area contributed by atoms with Crippen molar-refractivity contribution in [2.24, 2.45) is 0 Å². The van der Waals surface area contributed by atoms with Gasteiger partial charge in [-0.3, -0.25) is 9.78 Å². The zero-order valence-electron chi connectivity index (χ0n) is 11.0. The van der Waals surface area contributed by atoms with Crippen molar-refractivity contribution in [2.45, 2.75) is 6.42 Å². The molecule has 0 saturated heterocycles. The lowest BCUT2D eigenvalue weighted by atomic mass is 10.0. The molecule has 1 heterocycles. The van der Waals surface area contributed by atoms with E-state index in [0.717, 1.165) is 10.8 Å². The molecule has 21 heavy (non-hydrogen) atoms. The van der Waals surface area contributed by atoms with E-state index in [1.54, 1.807) is 12.3 Å². The SMILES string of the molecule is O=C(Cc1cc(F)cc(Br)c1)c1nccc2ccccc12. The third-order valence-corrected chi connectivity index (χ3v) is 3.68. The van der Waals surface area contributed by atoms with Gasteiger partial charge in [0.15, 0.2) is 5.78 Å². The number of rotatable bonds is 3. The largest absolute Gasteiger partial charge is 0.292 e. The Morgan fingerprint density at radius 3 is 2.76 bits per heavy atom. The number of pyridine rings is 1. The number of hydrogen-bond donors (Lipinski definition) is 0. The average molecular weight is 344 g/mol. The Hall–Kier alpha value is -2.07. The van der Waals surface area contributed by atoms with Crippen LogP contribution in [0.15, 0.2) is 59.2 Å². The van der Waals surface area contributed by atoms with Gasteiger partial charge in [-0.15, -0.1) is 0 Å². The van der Waals surface area contributed by atoms with Crippen LogP contribution in [0.1, 0.15) is 16.1 Å². The number of carbonyl (C=O) groups is 1. The summed E-state index contributed by atoms with van der Waals surface area (Å²) in [4.78, 5) is 16.6. The monoisotopic (exact) mass is 343 g/mol. The Bertz CT molecular complexity index is 806. The molecule has 4 heteroatoms. The molecule has 0 aliphatic carbocycles. The number of halogens is 2. The van der Waals surface area contributed by atoms with E-state index in [0.29, 0.717) is 15.7 Å². The molecule has 0 N–H and O–H groups in total. The van der Waals surface area contributed by atoms with Crippen LogP contribution in [0.4, 0.5) is 4.39 Å². The lowest BCUT2D eigenvalue weighted by Gasteiger charge is -2.05. The van der Waals surface area contributed by atoms with Crippen LogP contribution >= 0.6 is 15.9 Å². The predicted octanol–water partition coefficient (Wildman–Crippen LogP) is 4.56. The van der Waals surface area contributed by atoms with Crippen molar-refractivity contribution >= 4 is 32.5 Å². The summed E-state index contributed by atoms with van der Waals surface area (Å²) < 4.78 is 14.0. The minimum absolute atomic E-state index is 0.121. The van der Waals surface area contributed by atoms with Gasteiger partial charge in [0.2, 0.25) is 0 Å². The zero-order chi connectivity index (χ0) is 14.8. The molecule has 0 bridgehead atoms. The van der Waals surface area contributed by atoms with Gasteiger partial charge in [-0.1, -0.05) is 40.2 Å². The number of fused-ring (bicyclic) bond motifs is 1. The van der Waals surface area contributed by atoms with Crippen LogP contribution in [-0.2, 0) is 6.42 Å².